The van der Waals surface area contributed by atoms with E-state index in [1.807, 2.05) is 50.3 Å². The van der Waals surface area contributed by atoms with Gasteiger partial charge in [-0.05, 0) is 49.9 Å². The standard InChI is InChI=1S/C26H32N2O5S/c1-4-7-20(17-26(30)33-3)16-25(29)27-15-14-21-18-28(24-9-6-5-8-23(21)24)34(31,32)22-12-10-19(2)11-13-22/h4-13,20-21H,14-18H2,1-3H3,(H,27,29)/b7-4+. The lowest BCUT2D eigenvalue weighted by Crippen LogP contribution is -2.31. The molecule has 1 heterocycles. The van der Waals surface area contributed by atoms with Gasteiger partial charge in [0.1, 0.15) is 0 Å². The first-order chi connectivity index (χ1) is 16.3. The van der Waals surface area contributed by atoms with Crippen molar-refractivity contribution in [2.75, 3.05) is 24.5 Å². The molecule has 2 aromatic carbocycles. The Bertz CT molecular complexity index is 1140. The fourth-order valence-electron chi connectivity index (χ4n) is 4.24. The Morgan fingerprint density at radius 2 is 1.85 bits per heavy atom. The number of para-hydroxylation sites is 1. The van der Waals surface area contributed by atoms with Gasteiger partial charge >= 0.3 is 5.97 Å². The Kier molecular flexibility index (Phi) is 8.50. The number of carbonyl (C=O) groups excluding carboxylic acids is 2. The molecule has 0 fully saturated rings. The molecular weight excluding hydrogens is 452 g/mol. The van der Waals surface area contributed by atoms with E-state index < -0.39 is 10.0 Å². The van der Waals surface area contributed by atoms with Crippen LogP contribution in [0.15, 0.2) is 65.6 Å². The molecule has 2 aromatic rings. The first kappa shape index (κ1) is 25.5. The predicted molar refractivity (Wildman–Crippen MR) is 132 cm³/mol. The van der Waals surface area contributed by atoms with E-state index in [1.165, 1.54) is 11.4 Å². The van der Waals surface area contributed by atoms with Crippen LogP contribution in [0.1, 0.15) is 43.2 Å². The number of ether oxygens (including phenoxy) is 1. The smallest absolute Gasteiger partial charge is 0.306 e. The molecule has 1 amide bonds. The quantitative estimate of drug-likeness (QED) is 0.407. The maximum absolute atomic E-state index is 13.3. The number of methoxy groups -OCH3 is 1. The molecule has 0 saturated carbocycles. The van der Waals surface area contributed by atoms with Crippen molar-refractivity contribution < 1.29 is 22.7 Å². The highest BCUT2D eigenvalue weighted by molar-refractivity contribution is 7.92. The zero-order chi connectivity index (χ0) is 24.7. The van der Waals surface area contributed by atoms with Crippen LogP contribution in [0.25, 0.3) is 0 Å². The lowest BCUT2D eigenvalue weighted by atomic mass is 9.97. The molecule has 34 heavy (non-hydrogen) atoms. The van der Waals surface area contributed by atoms with E-state index >= 15 is 0 Å². The summed E-state index contributed by atoms with van der Waals surface area (Å²) in [6.45, 7) is 4.50. The second-order valence-corrected chi connectivity index (χ2v) is 10.4. The minimum atomic E-state index is -3.68. The van der Waals surface area contributed by atoms with Crippen molar-refractivity contribution in [2.45, 2.75) is 43.9 Å². The van der Waals surface area contributed by atoms with E-state index in [1.54, 1.807) is 24.3 Å². The van der Waals surface area contributed by atoms with Crippen molar-refractivity contribution in [1.82, 2.24) is 5.32 Å². The number of sulfonamides is 1. The summed E-state index contributed by atoms with van der Waals surface area (Å²) in [5, 5.41) is 2.92. The molecule has 0 saturated heterocycles. The Morgan fingerprint density at radius 3 is 2.53 bits per heavy atom. The summed E-state index contributed by atoms with van der Waals surface area (Å²) in [7, 11) is -2.35. The van der Waals surface area contributed by atoms with Crippen molar-refractivity contribution >= 4 is 27.6 Å². The van der Waals surface area contributed by atoms with E-state index in [-0.39, 0.29) is 41.4 Å². The van der Waals surface area contributed by atoms with Crippen molar-refractivity contribution in [3.05, 3.63) is 71.8 Å². The van der Waals surface area contributed by atoms with Gasteiger partial charge in [0.05, 0.1) is 24.1 Å². The Balaban J connectivity index is 1.64. The van der Waals surface area contributed by atoms with E-state index in [4.69, 9.17) is 4.74 Å². The van der Waals surface area contributed by atoms with Crippen molar-refractivity contribution in [2.24, 2.45) is 5.92 Å². The highest BCUT2D eigenvalue weighted by atomic mass is 32.2. The number of esters is 1. The Morgan fingerprint density at radius 1 is 1.15 bits per heavy atom. The molecule has 1 N–H and O–H groups in total. The van der Waals surface area contributed by atoms with Crippen LogP contribution in [0.3, 0.4) is 0 Å². The number of carbonyl (C=O) groups is 2. The van der Waals surface area contributed by atoms with Crippen LogP contribution in [-0.2, 0) is 24.3 Å². The van der Waals surface area contributed by atoms with Gasteiger partial charge in [-0.2, -0.15) is 0 Å². The Hall–Kier alpha value is -3.13. The maximum Gasteiger partial charge on any atom is 0.306 e. The van der Waals surface area contributed by atoms with Crippen LogP contribution < -0.4 is 9.62 Å². The number of anilines is 1. The second kappa shape index (κ2) is 11.3. The number of rotatable bonds is 10. The van der Waals surface area contributed by atoms with Crippen LogP contribution in [0.5, 0.6) is 0 Å². The van der Waals surface area contributed by atoms with Crippen LogP contribution in [0, 0.1) is 12.8 Å². The highest BCUT2D eigenvalue weighted by Crippen LogP contribution is 2.40. The number of hydrogen-bond donors (Lipinski definition) is 1. The molecule has 0 bridgehead atoms. The third kappa shape index (κ3) is 6.05. The largest absolute Gasteiger partial charge is 0.469 e. The third-order valence-corrected chi connectivity index (χ3v) is 7.82. The van der Waals surface area contributed by atoms with Gasteiger partial charge in [0.15, 0.2) is 0 Å². The van der Waals surface area contributed by atoms with Gasteiger partial charge in [-0.25, -0.2) is 8.42 Å². The van der Waals surface area contributed by atoms with E-state index in [0.717, 1.165) is 11.1 Å². The minimum Gasteiger partial charge on any atom is -0.469 e. The first-order valence-corrected chi connectivity index (χ1v) is 12.8. The minimum absolute atomic E-state index is 0.0295. The van der Waals surface area contributed by atoms with Crippen LogP contribution in [0.2, 0.25) is 0 Å². The monoisotopic (exact) mass is 484 g/mol. The summed E-state index contributed by atoms with van der Waals surface area (Å²) < 4.78 is 32.9. The van der Waals surface area contributed by atoms with Gasteiger partial charge in [0.25, 0.3) is 10.0 Å². The number of allylic oxidation sites excluding steroid dienone is 2. The molecule has 0 radical (unpaired) electrons. The summed E-state index contributed by atoms with van der Waals surface area (Å²) in [6, 6.07) is 14.4. The molecule has 3 rings (SSSR count). The number of hydrogen-bond acceptors (Lipinski definition) is 5. The molecule has 1 aliphatic rings. The summed E-state index contributed by atoms with van der Waals surface area (Å²) >= 11 is 0. The van der Waals surface area contributed by atoms with Gasteiger partial charge in [0.2, 0.25) is 5.91 Å². The first-order valence-electron chi connectivity index (χ1n) is 11.4. The fraction of sp³-hybridized carbons (Fsp3) is 0.385. The van der Waals surface area contributed by atoms with Crippen LogP contribution in [-0.4, -0.2) is 40.5 Å². The zero-order valence-corrected chi connectivity index (χ0v) is 20.7. The van der Waals surface area contributed by atoms with Crippen molar-refractivity contribution in [1.29, 1.82) is 0 Å². The topological polar surface area (TPSA) is 92.8 Å². The maximum atomic E-state index is 13.3. The summed E-state index contributed by atoms with van der Waals surface area (Å²) in [4.78, 5) is 24.3. The molecule has 0 aliphatic carbocycles. The van der Waals surface area contributed by atoms with Gasteiger partial charge < -0.3 is 10.1 Å². The zero-order valence-electron chi connectivity index (χ0n) is 19.9. The molecule has 1 aliphatic heterocycles. The molecule has 7 nitrogen and oxygen atoms in total. The summed E-state index contributed by atoms with van der Waals surface area (Å²) in [5.41, 5.74) is 2.65. The van der Waals surface area contributed by atoms with E-state index in [2.05, 4.69) is 5.32 Å². The number of nitrogens with zero attached hydrogens (tertiary/aromatic N) is 1. The van der Waals surface area contributed by atoms with Crippen molar-refractivity contribution in [3.8, 4) is 0 Å². The lowest BCUT2D eigenvalue weighted by molar-refractivity contribution is -0.141. The number of amides is 1. The second-order valence-electron chi connectivity index (χ2n) is 8.51. The third-order valence-electron chi connectivity index (χ3n) is 6.02. The van der Waals surface area contributed by atoms with Gasteiger partial charge in [-0.1, -0.05) is 48.0 Å². The van der Waals surface area contributed by atoms with Crippen molar-refractivity contribution in [3.63, 3.8) is 0 Å². The average Bonchev–Trinajstić information content (AvgIpc) is 3.19. The van der Waals surface area contributed by atoms with E-state index in [9.17, 15) is 18.0 Å². The lowest BCUT2D eigenvalue weighted by Gasteiger charge is -2.20. The fourth-order valence-corrected chi connectivity index (χ4v) is 5.78. The van der Waals surface area contributed by atoms with E-state index in [0.29, 0.717) is 25.2 Å². The average molecular weight is 485 g/mol. The number of benzene rings is 2. The Labute approximate surface area is 201 Å². The molecular formula is C26H32N2O5S. The van der Waals surface area contributed by atoms with Crippen LogP contribution in [0.4, 0.5) is 5.69 Å². The number of nitrogens with one attached hydrogen (secondary N) is 1. The number of aryl methyl sites for hydroxylation is 1. The highest BCUT2D eigenvalue weighted by Gasteiger charge is 2.36. The summed E-state index contributed by atoms with van der Waals surface area (Å²) in [6.07, 6.45) is 4.59. The molecule has 0 spiro atoms. The van der Waals surface area contributed by atoms with Crippen LogP contribution >= 0.6 is 0 Å². The molecule has 8 heteroatoms. The predicted octanol–water partition coefficient (Wildman–Crippen LogP) is 3.94. The molecule has 2 atom stereocenters. The van der Waals surface area contributed by atoms with Gasteiger partial charge in [-0.3, -0.25) is 13.9 Å². The number of fused-ring (bicyclic) bond motifs is 1. The van der Waals surface area contributed by atoms with Gasteiger partial charge in [-0.15, -0.1) is 0 Å². The van der Waals surface area contributed by atoms with Gasteiger partial charge in [0, 0.05) is 25.4 Å². The SMILES string of the molecule is C/C=C/C(CC(=O)NCCC1CN(S(=O)(=O)c2ccc(C)cc2)c2ccccc21)CC(=O)OC. The normalized spacial score (nSPS) is 16.3. The summed E-state index contributed by atoms with van der Waals surface area (Å²) in [5.74, 6) is -0.756. The molecule has 2 unspecified atom stereocenters. The molecule has 0 aromatic heterocycles. The molecule has 182 valence electrons.